The Morgan fingerprint density at radius 1 is 1.53 bits per heavy atom. The Morgan fingerprint density at radius 2 is 2.26 bits per heavy atom. The Kier molecular flexibility index (Phi) is 4.11. The number of methoxy groups -OCH3 is 2. The smallest absolute Gasteiger partial charge is 0.338 e. The lowest BCUT2D eigenvalue weighted by atomic mass is 10.1. The molecule has 0 aromatic heterocycles. The SMILES string of the molecule is COC(=O)c1cc(NC[C@@H]2CCO2)c(N)c(OC)c1. The second-order valence-corrected chi connectivity index (χ2v) is 4.29. The summed E-state index contributed by atoms with van der Waals surface area (Å²) in [4.78, 5) is 11.6. The predicted octanol–water partition coefficient (Wildman–Crippen LogP) is 1.26. The lowest BCUT2D eigenvalue weighted by molar-refractivity contribution is -0.0410. The van der Waals surface area contributed by atoms with Gasteiger partial charge in [0.05, 0.1) is 37.3 Å². The van der Waals surface area contributed by atoms with Crippen LogP contribution >= 0.6 is 0 Å². The number of nitrogen functional groups attached to an aromatic ring is 1. The van der Waals surface area contributed by atoms with E-state index in [1.165, 1.54) is 14.2 Å². The van der Waals surface area contributed by atoms with Gasteiger partial charge in [0.25, 0.3) is 0 Å². The zero-order valence-electron chi connectivity index (χ0n) is 11.1. The van der Waals surface area contributed by atoms with Gasteiger partial charge in [-0.15, -0.1) is 0 Å². The van der Waals surface area contributed by atoms with Crippen molar-refractivity contribution < 1.29 is 19.0 Å². The number of benzene rings is 1. The summed E-state index contributed by atoms with van der Waals surface area (Å²) in [5.74, 6) is 0.0150. The van der Waals surface area contributed by atoms with Crippen molar-refractivity contribution in [2.75, 3.05) is 38.4 Å². The largest absolute Gasteiger partial charge is 0.494 e. The Labute approximate surface area is 111 Å². The molecule has 0 aliphatic carbocycles. The van der Waals surface area contributed by atoms with Crippen LogP contribution in [0.15, 0.2) is 12.1 Å². The molecular formula is C13H18N2O4. The summed E-state index contributed by atoms with van der Waals surface area (Å²) in [6.45, 7) is 1.45. The number of nitrogens with one attached hydrogen (secondary N) is 1. The van der Waals surface area contributed by atoms with Gasteiger partial charge in [-0.2, -0.15) is 0 Å². The van der Waals surface area contributed by atoms with Gasteiger partial charge in [0.2, 0.25) is 0 Å². The number of carbonyl (C=O) groups excluding carboxylic acids is 1. The van der Waals surface area contributed by atoms with E-state index in [2.05, 4.69) is 5.32 Å². The van der Waals surface area contributed by atoms with Gasteiger partial charge in [-0.3, -0.25) is 0 Å². The predicted molar refractivity (Wildman–Crippen MR) is 71.6 cm³/mol. The summed E-state index contributed by atoms with van der Waals surface area (Å²) < 4.78 is 15.2. The number of esters is 1. The van der Waals surface area contributed by atoms with E-state index in [0.29, 0.717) is 29.2 Å². The highest BCUT2D eigenvalue weighted by molar-refractivity contribution is 5.93. The maximum absolute atomic E-state index is 11.6. The van der Waals surface area contributed by atoms with Crippen LogP contribution in [0.4, 0.5) is 11.4 Å². The van der Waals surface area contributed by atoms with Gasteiger partial charge in [0.1, 0.15) is 5.75 Å². The fourth-order valence-corrected chi connectivity index (χ4v) is 1.85. The van der Waals surface area contributed by atoms with Crippen molar-refractivity contribution in [3.05, 3.63) is 17.7 Å². The van der Waals surface area contributed by atoms with Gasteiger partial charge in [0, 0.05) is 13.2 Å². The fourth-order valence-electron chi connectivity index (χ4n) is 1.85. The molecule has 1 aliphatic rings. The van der Waals surface area contributed by atoms with Gasteiger partial charge >= 0.3 is 5.97 Å². The summed E-state index contributed by atoms with van der Waals surface area (Å²) >= 11 is 0. The van der Waals surface area contributed by atoms with Crippen molar-refractivity contribution in [1.29, 1.82) is 0 Å². The molecule has 1 atom stereocenters. The number of hydrogen-bond donors (Lipinski definition) is 2. The summed E-state index contributed by atoms with van der Waals surface area (Å²) in [5.41, 5.74) is 7.48. The minimum atomic E-state index is -0.429. The first-order valence-electron chi connectivity index (χ1n) is 6.07. The molecule has 6 heteroatoms. The average molecular weight is 266 g/mol. The van der Waals surface area contributed by atoms with Crippen molar-refractivity contribution in [3.63, 3.8) is 0 Å². The van der Waals surface area contributed by atoms with Crippen LogP contribution in [0.2, 0.25) is 0 Å². The number of ether oxygens (including phenoxy) is 3. The number of carbonyl (C=O) groups is 1. The number of rotatable bonds is 5. The van der Waals surface area contributed by atoms with Crippen molar-refractivity contribution in [2.45, 2.75) is 12.5 Å². The number of anilines is 2. The van der Waals surface area contributed by atoms with Crippen LogP contribution in [0.1, 0.15) is 16.8 Å². The monoisotopic (exact) mass is 266 g/mol. The molecule has 3 N–H and O–H groups in total. The molecule has 1 saturated heterocycles. The highest BCUT2D eigenvalue weighted by Gasteiger charge is 2.19. The molecule has 2 rings (SSSR count). The van der Waals surface area contributed by atoms with E-state index >= 15 is 0 Å². The van der Waals surface area contributed by atoms with Crippen molar-refractivity contribution >= 4 is 17.3 Å². The van der Waals surface area contributed by atoms with Crippen molar-refractivity contribution in [3.8, 4) is 5.75 Å². The molecule has 0 radical (unpaired) electrons. The zero-order chi connectivity index (χ0) is 13.8. The van der Waals surface area contributed by atoms with E-state index in [1.54, 1.807) is 12.1 Å². The van der Waals surface area contributed by atoms with Crippen molar-refractivity contribution in [1.82, 2.24) is 0 Å². The minimum absolute atomic E-state index is 0.201. The first-order chi connectivity index (χ1) is 9.15. The van der Waals surface area contributed by atoms with Crippen LogP contribution in [-0.4, -0.2) is 39.4 Å². The molecule has 1 aromatic rings. The van der Waals surface area contributed by atoms with E-state index in [4.69, 9.17) is 19.9 Å². The van der Waals surface area contributed by atoms with E-state index in [0.717, 1.165) is 13.0 Å². The van der Waals surface area contributed by atoms with E-state index < -0.39 is 5.97 Å². The third-order valence-electron chi connectivity index (χ3n) is 3.10. The molecule has 104 valence electrons. The third kappa shape index (κ3) is 2.90. The Bertz CT molecular complexity index is 472. The lowest BCUT2D eigenvalue weighted by Crippen LogP contribution is -2.33. The molecule has 1 heterocycles. The molecule has 0 amide bonds. The number of hydrogen-bond acceptors (Lipinski definition) is 6. The molecule has 1 aliphatic heterocycles. The molecule has 0 spiro atoms. The average Bonchev–Trinajstić information content (AvgIpc) is 2.37. The molecule has 19 heavy (non-hydrogen) atoms. The topological polar surface area (TPSA) is 82.8 Å². The lowest BCUT2D eigenvalue weighted by Gasteiger charge is -2.27. The zero-order valence-corrected chi connectivity index (χ0v) is 11.1. The molecule has 0 bridgehead atoms. The van der Waals surface area contributed by atoms with E-state index in [-0.39, 0.29) is 6.10 Å². The number of nitrogens with two attached hydrogens (primary N) is 1. The highest BCUT2D eigenvalue weighted by atomic mass is 16.5. The molecule has 1 aromatic carbocycles. The highest BCUT2D eigenvalue weighted by Crippen LogP contribution is 2.32. The van der Waals surface area contributed by atoms with Gasteiger partial charge in [0.15, 0.2) is 0 Å². The van der Waals surface area contributed by atoms with Gasteiger partial charge in [-0.25, -0.2) is 4.79 Å². The molecule has 0 saturated carbocycles. The molecular weight excluding hydrogens is 248 g/mol. The van der Waals surface area contributed by atoms with Crippen LogP contribution in [0, 0.1) is 0 Å². The van der Waals surface area contributed by atoms with E-state index in [1.807, 2.05) is 0 Å². The first kappa shape index (κ1) is 13.5. The van der Waals surface area contributed by atoms with Gasteiger partial charge in [-0.1, -0.05) is 0 Å². The fraction of sp³-hybridized carbons (Fsp3) is 0.462. The standard InChI is InChI=1S/C13H18N2O4/c1-17-11-6-8(13(16)18-2)5-10(12(11)14)15-7-9-3-4-19-9/h5-6,9,15H,3-4,7,14H2,1-2H3/t9-/m0/s1. The molecule has 0 unspecified atom stereocenters. The van der Waals surface area contributed by atoms with Crippen molar-refractivity contribution in [2.24, 2.45) is 0 Å². The van der Waals surface area contributed by atoms with Gasteiger partial charge in [-0.05, 0) is 18.6 Å². The first-order valence-corrected chi connectivity index (χ1v) is 6.07. The summed E-state index contributed by atoms with van der Waals surface area (Å²) in [5, 5.41) is 3.17. The maximum Gasteiger partial charge on any atom is 0.338 e. The summed E-state index contributed by atoms with van der Waals surface area (Å²) in [7, 11) is 2.84. The second kappa shape index (κ2) is 5.79. The van der Waals surface area contributed by atoms with Crippen LogP contribution in [0.3, 0.4) is 0 Å². The van der Waals surface area contributed by atoms with Crippen LogP contribution in [0.25, 0.3) is 0 Å². The normalized spacial score (nSPS) is 17.5. The molecule has 1 fully saturated rings. The summed E-state index contributed by atoms with van der Waals surface area (Å²) in [6, 6.07) is 3.22. The second-order valence-electron chi connectivity index (χ2n) is 4.29. The minimum Gasteiger partial charge on any atom is -0.494 e. The maximum atomic E-state index is 11.6. The quantitative estimate of drug-likeness (QED) is 0.617. The Balaban J connectivity index is 2.20. The third-order valence-corrected chi connectivity index (χ3v) is 3.10. The van der Waals surface area contributed by atoms with E-state index in [9.17, 15) is 4.79 Å². The van der Waals surface area contributed by atoms with Crippen LogP contribution < -0.4 is 15.8 Å². The summed E-state index contributed by atoms with van der Waals surface area (Å²) in [6.07, 6.45) is 1.23. The molecule has 6 nitrogen and oxygen atoms in total. The van der Waals surface area contributed by atoms with Gasteiger partial charge < -0.3 is 25.3 Å². The van der Waals surface area contributed by atoms with Crippen LogP contribution in [-0.2, 0) is 9.47 Å². The van der Waals surface area contributed by atoms with Crippen LogP contribution in [0.5, 0.6) is 5.75 Å². The Hall–Kier alpha value is -1.95. The Morgan fingerprint density at radius 3 is 2.79 bits per heavy atom.